The van der Waals surface area contributed by atoms with Crippen molar-refractivity contribution in [3.05, 3.63) is 0 Å². The van der Waals surface area contributed by atoms with Crippen LogP contribution in [-0.2, 0) is 0 Å². The number of quaternary nitrogens is 1. The maximum atomic E-state index is 3.58. The fourth-order valence-corrected chi connectivity index (χ4v) is 4.58. The molecule has 0 fully saturated rings. The quantitative estimate of drug-likeness (QED) is 0.108. The molecule has 0 atom stereocenters. The summed E-state index contributed by atoms with van der Waals surface area (Å²) in [6.07, 6.45) is 22.7. The Bertz CT molecular complexity index is 240. The second-order valence-electron chi connectivity index (χ2n) is 8.52. The maximum absolute atomic E-state index is 3.58. The van der Waals surface area contributed by atoms with Crippen LogP contribution in [0, 0.1) is 0 Å². The second kappa shape index (κ2) is 23.2. The molecule has 0 saturated heterocycles. The van der Waals surface area contributed by atoms with E-state index in [1.807, 2.05) is 0 Å². The van der Waals surface area contributed by atoms with E-state index in [1.165, 1.54) is 139 Å². The van der Waals surface area contributed by atoms with Crippen molar-refractivity contribution < 1.29 is 21.5 Å². The van der Waals surface area contributed by atoms with Gasteiger partial charge >= 0.3 is 0 Å². The number of halogens is 2. The molecular weight excluding hydrogens is 462 g/mol. The largest absolute Gasteiger partial charge is 1.00 e. The van der Waals surface area contributed by atoms with Crippen LogP contribution in [0.15, 0.2) is 0 Å². The van der Waals surface area contributed by atoms with Crippen LogP contribution >= 0.6 is 15.9 Å². The van der Waals surface area contributed by atoms with Gasteiger partial charge in [-0.1, -0.05) is 81.6 Å². The average molecular weight is 513 g/mol. The molecule has 0 aliphatic carbocycles. The third-order valence-electron chi connectivity index (χ3n) is 5.97. The van der Waals surface area contributed by atoms with E-state index in [-0.39, 0.29) is 17.0 Å². The monoisotopic (exact) mass is 511 g/mol. The molecule has 27 heavy (non-hydrogen) atoms. The summed E-state index contributed by atoms with van der Waals surface area (Å²) in [7, 11) is 0. The molecule has 0 aromatic rings. The number of hydrogen-bond donors (Lipinski definition) is 0. The van der Waals surface area contributed by atoms with Gasteiger partial charge in [-0.05, 0) is 57.8 Å². The molecule has 0 saturated carbocycles. The number of hydrogen-bond acceptors (Lipinski definition) is 0. The lowest BCUT2D eigenvalue weighted by atomic mass is 10.1. The molecule has 0 spiro atoms. The zero-order valence-corrected chi connectivity index (χ0v) is 22.2. The van der Waals surface area contributed by atoms with Crippen molar-refractivity contribution in [2.45, 2.75) is 124 Å². The van der Waals surface area contributed by atoms with Crippen molar-refractivity contribution in [3.63, 3.8) is 0 Å². The third-order valence-corrected chi connectivity index (χ3v) is 6.53. The highest BCUT2D eigenvalue weighted by atomic mass is 79.9. The van der Waals surface area contributed by atoms with E-state index in [9.17, 15) is 0 Å². The van der Waals surface area contributed by atoms with Crippen molar-refractivity contribution in [2.75, 3.05) is 31.5 Å². The highest BCUT2D eigenvalue weighted by Gasteiger charge is 2.25. The first-order valence-electron chi connectivity index (χ1n) is 12.2. The van der Waals surface area contributed by atoms with E-state index in [0.717, 1.165) is 0 Å². The Kier molecular flexibility index (Phi) is 25.9. The highest BCUT2D eigenvalue weighted by molar-refractivity contribution is 9.09. The Balaban J connectivity index is 0. The zero-order valence-electron chi connectivity index (χ0n) is 19.1. The van der Waals surface area contributed by atoms with Gasteiger partial charge in [-0.25, -0.2) is 0 Å². The van der Waals surface area contributed by atoms with Crippen LogP contribution in [-0.4, -0.2) is 36.0 Å². The highest BCUT2D eigenvalue weighted by Crippen LogP contribution is 2.19. The van der Waals surface area contributed by atoms with E-state index < -0.39 is 0 Å². The lowest BCUT2D eigenvalue weighted by Gasteiger charge is -2.39. The van der Waals surface area contributed by atoms with Gasteiger partial charge in [0.25, 0.3) is 0 Å². The van der Waals surface area contributed by atoms with Gasteiger partial charge in [0.1, 0.15) is 0 Å². The van der Waals surface area contributed by atoms with E-state index in [4.69, 9.17) is 0 Å². The van der Waals surface area contributed by atoms with Gasteiger partial charge in [0.05, 0.1) is 26.2 Å². The van der Waals surface area contributed by atoms with Crippen LogP contribution in [0.2, 0.25) is 0 Å². The Morgan fingerprint density at radius 1 is 0.444 bits per heavy atom. The Morgan fingerprint density at radius 3 is 1.04 bits per heavy atom. The van der Waals surface area contributed by atoms with Gasteiger partial charge in [0.2, 0.25) is 0 Å². The molecule has 0 amide bonds. The normalized spacial score (nSPS) is 11.6. The summed E-state index contributed by atoms with van der Waals surface area (Å²) >= 11 is 3.58. The molecule has 0 aliphatic rings. The van der Waals surface area contributed by atoms with Crippen LogP contribution in [0.1, 0.15) is 124 Å². The minimum atomic E-state index is 0. The molecule has 0 rings (SSSR count). The second-order valence-corrected chi connectivity index (χ2v) is 9.31. The molecule has 0 radical (unpaired) electrons. The molecule has 0 aromatic carbocycles. The van der Waals surface area contributed by atoms with Gasteiger partial charge in [-0.15, -0.1) is 0 Å². The summed E-state index contributed by atoms with van der Waals surface area (Å²) < 4.78 is 1.45. The summed E-state index contributed by atoms with van der Waals surface area (Å²) in [5.41, 5.74) is 0. The molecule has 0 heterocycles. The molecule has 0 N–H and O–H groups in total. The van der Waals surface area contributed by atoms with Crippen LogP contribution in [0.5, 0.6) is 0 Å². The molecule has 166 valence electrons. The van der Waals surface area contributed by atoms with Crippen LogP contribution in [0.4, 0.5) is 0 Å². The molecule has 0 unspecified atom stereocenters. The molecule has 0 aliphatic heterocycles. The van der Waals surface area contributed by atoms with Crippen LogP contribution in [0.3, 0.4) is 0 Å². The van der Waals surface area contributed by atoms with Crippen LogP contribution in [0.25, 0.3) is 0 Å². The van der Waals surface area contributed by atoms with Gasteiger partial charge in [-0.3, -0.25) is 0 Å². The first-order valence-corrected chi connectivity index (χ1v) is 13.3. The number of unbranched alkanes of at least 4 members (excludes halogenated alkanes) is 12. The number of alkyl halides is 1. The van der Waals surface area contributed by atoms with Gasteiger partial charge in [0, 0.05) is 5.33 Å². The summed E-state index contributed by atoms with van der Waals surface area (Å²) in [5, 5.41) is 1.18. The fourth-order valence-electron chi connectivity index (χ4n) is 4.19. The molecule has 0 bridgehead atoms. The van der Waals surface area contributed by atoms with E-state index in [1.54, 1.807) is 0 Å². The minimum absolute atomic E-state index is 0. The maximum Gasteiger partial charge on any atom is 0.0786 e. The van der Waals surface area contributed by atoms with Crippen molar-refractivity contribution in [1.82, 2.24) is 0 Å². The molecule has 3 heteroatoms. The van der Waals surface area contributed by atoms with E-state index in [0.29, 0.717) is 0 Å². The standard InChI is InChI=1S/C24H51BrN.BrH/c1-4-7-10-16-21-26(22-17-11-8-5-2,23-18-12-9-6-3)24-19-14-13-15-20-25;/h4-24H2,1-3H3;1H/q+1;/p-1. The van der Waals surface area contributed by atoms with Gasteiger partial charge in [-0.2, -0.15) is 0 Å². The summed E-state index contributed by atoms with van der Waals surface area (Å²) in [6, 6.07) is 0. The smallest absolute Gasteiger partial charge is 0.0786 e. The predicted molar refractivity (Wildman–Crippen MR) is 124 cm³/mol. The van der Waals surface area contributed by atoms with Gasteiger partial charge in [0.15, 0.2) is 0 Å². The minimum Gasteiger partial charge on any atom is -1.00 e. The summed E-state index contributed by atoms with van der Waals surface area (Å²) in [4.78, 5) is 0. The van der Waals surface area contributed by atoms with Crippen molar-refractivity contribution in [1.29, 1.82) is 0 Å². The third kappa shape index (κ3) is 18.7. The molecular formula is C24H51Br2N. The topological polar surface area (TPSA) is 0 Å². The number of rotatable bonds is 21. The lowest BCUT2D eigenvalue weighted by Crippen LogP contribution is -3.00. The average Bonchev–Trinajstić information content (AvgIpc) is 2.65. The Labute approximate surface area is 191 Å². The molecule has 1 nitrogen and oxygen atoms in total. The molecule has 0 aromatic heterocycles. The fraction of sp³-hybridized carbons (Fsp3) is 1.00. The van der Waals surface area contributed by atoms with E-state index >= 15 is 0 Å². The van der Waals surface area contributed by atoms with Crippen molar-refractivity contribution in [3.8, 4) is 0 Å². The Morgan fingerprint density at radius 2 is 0.741 bits per heavy atom. The first kappa shape index (κ1) is 30.1. The lowest BCUT2D eigenvalue weighted by molar-refractivity contribution is -0.929. The van der Waals surface area contributed by atoms with Crippen LogP contribution < -0.4 is 17.0 Å². The summed E-state index contributed by atoms with van der Waals surface area (Å²) in [6.45, 7) is 12.8. The van der Waals surface area contributed by atoms with E-state index in [2.05, 4.69) is 36.7 Å². The summed E-state index contributed by atoms with van der Waals surface area (Å²) in [5.74, 6) is 0. The van der Waals surface area contributed by atoms with Crippen molar-refractivity contribution in [2.24, 2.45) is 0 Å². The SMILES string of the molecule is CCCCCC[N+](CCCCCC)(CCCCCC)CCCCCCBr.[Br-]. The number of nitrogens with zero attached hydrogens (tertiary/aromatic N) is 1. The zero-order chi connectivity index (χ0) is 19.3. The first-order chi connectivity index (χ1) is 12.7. The Hall–Kier alpha value is 0.920. The predicted octanol–water partition coefficient (Wildman–Crippen LogP) is 5.50. The van der Waals surface area contributed by atoms with Gasteiger partial charge < -0.3 is 21.5 Å². The van der Waals surface area contributed by atoms with Crippen molar-refractivity contribution >= 4 is 15.9 Å².